The standard InChI is InChI=1S/C27H23NO/c1-29-24-15-7-14-22-21-12-6-13-23(21)27(28-26(22)24)25-19-10-4-2-8-17(19)16-18-9-3-5-11-20(18)25/h2-12,14-16,21,23,27-28H,13H2,1H3/t21-,23-,27+/m0/s1. The highest BCUT2D eigenvalue weighted by Gasteiger charge is 2.40. The Hall–Kier alpha value is -3.26. The van der Waals surface area contributed by atoms with Gasteiger partial charge in [0.05, 0.1) is 18.8 Å². The molecule has 0 amide bonds. The second-order valence-corrected chi connectivity index (χ2v) is 8.13. The van der Waals surface area contributed by atoms with Crippen LogP contribution in [0.5, 0.6) is 5.75 Å². The van der Waals surface area contributed by atoms with E-state index in [-0.39, 0.29) is 6.04 Å². The molecule has 1 aliphatic carbocycles. The van der Waals surface area contributed by atoms with Crippen LogP contribution in [0, 0.1) is 5.92 Å². The zero-order chi connectivity index (χ0) is 19.4. The number of hydrogen-bond donors (Lipinski definition) is 1. The van der Waals surface area contributed by atoms with Crippen molar-refractivity contribution in [2.75, 3.05) is 12.4 Å². The van der Waals surface area contributed by atoms with Crippen molar-refractivity contribution in [2.24, 2.45) is 5.92 Å². The van der Waals surface area contributed by atoms with Gasteiger partial charge in [-0.15, -0.1) is 0 Å². The topological polar surface area (TPSA) is 21.3 Å². The molecule has 0 saturated heterocycles. The molecule has 29 heavy (non-hydrogen) atoms. The van der Waals surface area contributed by atoms with E-state index in [1.807, 2.05) is 0 Å². The molecule has 2 aliphatic rings. The van der Waals surface area contributed by atoms with Crippen LogP contribution in [0.4, 0.5) is 5.69 Å². The normalized spacial score (nSPS) is 22.3. The van der Waals surface area contributed by atoms with Gasteiger partial charge in [-0.3, -0.25) is 0 Å². The molecule has 1 heterocycles. The summed E-state index contributed by atoms with van der Waals surface area (Å²) in [4.78, 5) is 0. The van der Waals surface area contributed by atoms with E-state index < -0.39 is 0 Å². The van der Waals surface area contributed by atoms with Crippen LogP contribution in [0.25, 0.3) is 21.5 Å². The minimum Gasteiger partial charge on any atom is -0.495 e. The number of methoxy groups -OCH3 is 1. The minimum absolute atomic E-state index is 0.231. The summed E-state index contributed by atoms with van der Waals surface area (Å²) in [6.07, 6.45) is 5.84. The fraction of sp³-hybridized carbons (Fsp3) is 0.185. The Labute approximate surface area is 170 Å². The van der Waals surface area contributed by atoms with Crippen LogP contribution in [0.15, 0.2) is 84.9 Å². The fourth-order valence-electron chi connectivity index (χ4n) is 5.43. The van der Waals surface area contributed by atoms with Gasteiger partial charge in [0.1, 0.15) is 5.75 Å². The molecule has 0 aromatic heterocycles. The summed E-state index contributed by atoms with van der Waals surface area (Å²) in [6, 6.07) is 26.5. The van der Waals surface area contributed by atoms with E-state index in [1.54, 1.807) is 7.11 Å². The lowest BCUT2D eigenvalue weighted by Gasteiger charge is -2.39. The fourth-order valence-corrected chi connectivity index (χ4v) is 5.43. The van der Waals surface area contributed by atoms with Crippen LogP contribution in [-0.4, -0.2) is 7.11 Å². The van der Waals surface area contributed by atoms with Crippen LogP contribution in [0.1, 0.15) is 29.5 Å². The minimum atomic E-state index is 0.231. The van der Waals surface area contributed by atoms with Crippen molar-refractivity contribution in [1.82, 2.24) is 0 Å². The Morgan fingerprint density at radius 3 is 2.31 bits per heavy atom. The van der Waals surface area contributed by atoms with Crippen molar-refractivity contribution in [3.8, 4) is 5.75 Å². The highest BCUT2D eigenvalue weighted by Crippen LogP contribution is 2.53. The number of benzene rings is 4. The number of ether oxygens (including phenoxy) is 1. The summed E-state index contributed by atoms with van der Waals surface area (Å²) >= 11 is 0. The van der Waals surface area contributed by atoms with Crippen molar-refractivity contribution in [3.05, 3.63) is 96.1 Å². The van der Waals surface area contributed by atoms with Gasteiger partial charge in [-0.2, -0.15) is 0 Å². The van der Waals surface area contributed by atoms with Gasteiger partial charge in [0.25, 0.3) is 0 Å². The van der Waals surface area contributed by atoms with Gasteiger partial charge in [-0.05, 0) is 57.1 Å². The third kappa shape index (κ3) is 2.42. The molecule has 1 aliphatic heterocycles. The average molecular weight is 377 g/mol. The Morgan fingerprint density at radius 1 is 0.862 bits per heavy atom. The van der Waals surface area contributed by atoms with Crippen molar-refractivity contribution in [3.63, 3.8) is 0 Å². The lowest BCUT2D eigenvalue weighted by Crippen LogP contribution is -2.29. The summed E-state index contributed by atoms with van der Waals surface area (Å²) in [5.41, 5.74) is 3.91. The van der Waals surface area contributed by atoms with Gasteiger partial charge in [-0.25, -0.2) is 0 Å². The van der Waals surface area contributed by atoms with E-state index in [1.165, 1.54) is 32.7 Å². The first-order valence-electron chi connectivity index (χ1n) is 10.4. The number of nitrogens with one attached hydrogen (secondary N) is 1. The molecule has 3 atom stereocenters. The maximum absolute atomic E-state index is 5.73. The predicted molar refractivity (Wildman–Crippen MR) is 121 cm³/mol. The summed E-state index contributed by atoms with van der Waals surface area (Å²) in [6.45, 7) is 0. The number of fused-ring (bicyclic) bond motifs is 5. The van der Waals surface area contributed by atoms with Crippen LogP contribution in [0.3, 0.4) is 0 Å². The monoisotopic (exact) mass is 377 g/mol. The Bertz CT molecular complexity index is 1220. The first kappa shape index (κ1) is 16.7. The highest BCUT2D eigenvalue weighted by molar-refractivity contribution is 6.03. The first-order valence-corrected chi connectivity index (χ1v) is 10.4. The molecule has 2 nitrogen and oxygen atoms in total. The maximum Gasteiger partial charge on any atom is 0.142 e. The van der Waals surface area contributed by atoms with Crippen molar-refractivity contribution in [2.45, 2.75) is 18.4 Å². The summed E-state index contributed by atoms with van der Waals surface area (Å²) in [7, 11) is 1.76. The lowest BCUT2D eigenvalue weighted by atomic mass is 9.75. The van der Waals surface area contributed by atoms with Gasteiger partial charge in [-0.1, -0.05) is 72.8 Å². The average Bonchev–Trinajstić information content (AvgIpc) is 3.27. The largest absolute Gasteiger partial charge is 0.495 e. The van der Waals surface area contributed by atoms with Gasteiger partial charge in [0, 0.05) is 5.92 Å². The van der Waals surface area contributed by atoms with E-state index >= 15 is 0 Å². The molecule has 0 fully saturated rings. The molecule has 142 valence electrons. The van der Waals surface area contributed by atoms with E-state index in [4.69, 9.17) is 4.74 Å². The SMILES string of the molecule is COc1cccc2c1N[C@@H](c1c3ccccc3cc3ccccc13)[C@H]1CC=C[C@@H]21. The second kappa shape index (κ2) is 6.38. The van der Waals surface area contributed by atoms with Gasteiger partial charge in [0.15, 0.2) is 0 Å². The quantitative estimate of drug-likeness (QED) is 0.305. The molecule has 1 N–H and O–H groups in total. The molecular formula is C27H23NO. The van der Waals surface area contributed by atoms with Gasteiger partial charge in [0.2, 0.25) is 0 Å². The Balaban J connectivity index is 1.65. The molecule has 4 aromatic carbocycles. The molecular weight excluding hydrogens is 354 g/mol. The number of rotatable bonds is 2. The van der Waals surface area contributed by atoms with Gasteiger partial charge < -0.3 is 10.1 Å². The van der Waals surface area contributed by atoms with E-state index in [9.17, 15) is 0 Å². The number of para-hydroxylation sites is 1. The summed E-state index contributed by atoms with van der Waals surface area (Å²) in [5, 5.41) is 9.21. The van der Waals surface area contributed by atoms with Crippen molar-refractivity contribution < 1.29 is 4.74 Å². The maximum atomic E-state index is 5.73. The molecule has 0 bridgehead atoms. The summed E-state index contributed by atoms with van der Waals surface area (Å²) < 4.78 is 5.73. The molecule has 0 spiro atoms. The third-order valence-corrected chi connectivity index (χ3v) is 6.70. The Morgan fingerprint density at radius 2 is 1.59 bits per heavy atom. The first-order chi connectivity index (χ1) is 14.3. The zero-order valence-corrected chi connectivity index (χ0v) is 16.4. The third-order valence-electron chi connectivity index (χ3n) is 6.70. The predicted octanol–water partition coefficient (Wildman–Crippen LogP) is 6.83. The van der Waals surface area contributed by atoms with Crippen LogP contribution < -0.4 is 10.1 Å². The van der Waals surface area contributed by atoms with Crippen LogP contribution >= 0.6 is 0 Å². The van der Waals surface area contributed by atoms with E-state index in [0.717, 1.165) is 17.9 Å². The second-order valence-electron chi connectivity index (χ2n) is 8.13. The van der Waals surface area contributed by atoms with Crippen LogP contribution in [-0.2, 0) is 0 Å². The number of hydrogen-bond acceptors (Lipinski definition) is 2. The summed E-state index contributed by atoms with van der Waals surface area (Å²) in [5.74, 6) is 1.85. The zero-order valence-electron chi connectivity index (χ0n) is 16.4. The van der Waals surface area contributed by atoms with Crippen molar-refractivity contribution >= 4 is 27.2 Å². The van der Waals surface area contributed by atoms with Crippen molar-refractivity contribution in [1.29, 1.82) is 0 Å². The molecule has 0 radical (unpaired) electrons. The Kier molecular flexibility index (Phi) is 3.67. The van der Waals surface area contributed by atoms with E-state index in [0.29, 0.717) is 11.8 Å². The molecule has 2 heteroatoms. The van der Waals surface area contributed by atoms with E-state index in [2.05, 4.69) is 90.3 Å². The molecule has 0 saturated carbocycles. The number of anilines is 1. The molecule has 0 unspecified atom stereocenters. The molecule has 4 aromatic rings. The highest BCUT2D eigenvalue weighted by atomic mass is 16.5. The molecule has 6 rings (SSSR count). The number of allylic oxidation sites excluding steroid dienone is 2. The smallest absolute Gasteiger partial charge is 0.142 e. The lowest BCUT2D eigenvalue weighted by molar-refractivity contribution is 0.398. The van der Waals surface area contributed by atoms with Crippen LogP contribution in [0.2, 0.25) is 0 Å². The van der Waals surface area contributed by atoms with Gasteiger partial charge >= 0.3 is 0 Å².